The Labute approximate surface area is 158 Å². The van der Waals surface area contributed by atoms with E-state index in [1.807, 2.05) is 6.92 Å². The van der Waals surface area contributed by atoms with E-state index in [1.54, 1.807) is 4.90 Å². The second-order valence-corrected chi connectivity index (χ2v) is 8.37. The van der Waals surface area contributed by atoms with Crippen LogP contribution in [0, 0.1) is 5.82 Å². The van der Waals surface area contributed by atoms with Crippen LogP contribution in [0.2, 0.25) is 5.15 Å². The molecule has 0 radical (unpaired) electrons. The van der Waals surface area contributed by atoms with E-state index in [4.69, 9.17) is 20.8 Å². The minimum atomic E-state index is -3.82. The molecule has 0 N–H and O–H groups in total. The molecule has 3 aromatic heterocycles. The van der Waals surface area contributed by atoms with Crippen LogP contribution in [0.15, 0.2) is 22.2 Å². The number of aromatic nitrogens is 4. The Kier molecular flexibility index (Phi) is 4.15. The number of hydrogen-bond acceptors (Lipinski definition) is 9. The molecule has 12 heteroatoms. The lowest BCUT2D eigenvalue weighted by Gasteiger charge is -2.27. The van der Waals surface area contributed by atoms with E-state index in [0.29, 0.717) is 5.76 Å². The summed E-state index contributed by atoms with van der Waals surface area (Å²) in [5, 5.41) is -0.833. The third-order valence-corrected chi connectivity index (χ3v) is 5.17. The smallest absolute Gasteiger partial charge is 0.249 e. The monoisotopic (exact) mass is 413 g/mol. The van der Waals surface area contributed by atoms with Gasteiger partial charge >= 0.3 is 0 Å². The van der Waals surface area contributed by atoms with Crippen molar-refractivity contribution in [2.75, 3.05) is 17.8 Å². The number of rotatable bonds is 3. The van der Waals surface area contributed by atoms with Crippen LogP contribution in [-0.2, 0) is 16.4 Å². The third-order valence-electron chi connectivity index (χ3n) is 4.08. The molecule has 0 aliphatic carbocycles. The van der Waals surface area contributed by atoms with Crippen LogP contribution in [0.3, 0.4) is 0 Å². The van der Waals surface area contributed by atoms with E-state index >= 15 is 0 Å². The van der Waals surface area contributed by atoms with Crippen molar-refractivity contribution in [2.45, 2.75) is 24.7 Å². The fourth-order valence-corrected chi connectivity index (χ4v) is 3.45. The Balaban J connectivity index is 2.05. The first kappa shape index (κ1) is 17.9. The van der Waals surface area contributed by atoms with Gasteiger partial charge < -0.3 is 14.1 Å². The van der Waals surface area contributed by atoms with Crippen LogP contribution in [0.5, 0.6) is 5.88 Å². The lowest BCUT2D eigenvalue weighted by atomic mass is 10.2. The molecule has 4 heterocycles. The maximum atomic E-state index is 14.6. The summed E-state index contributed by atoms with van der Waals surface area (Å²) >= 11 is 5.84. The fraction of sp³-hybridized carbons (Fsp3) is 0.333. The van der Waals surface area contributed by atoms with Gasteiger partial charge in [-0.2, -0.15) is 4.98 Å². The molecular weight excluding hydrogens is 401 g/mol. The summed E-state index contributed by atoms with van der Waals surface area (Å²) in [5.74, 6) is -0.222. The Hall–Kier alpha value is -2.53. The molecule has 4 rings (SSSR count). The normalized spacial score (nSPS) is 17.0. The van der Waals surface area contributed by atoms with Crippen molar-refractivity contribution >= 4 is 38.2 Å². The highest BCUT2D eigenvalue weighted by Crippen LogP contribution is 2.38. The van der Waals surface area contributed by atoms with E-state index in [9.17, 15) is 12.8 Å². The van der Waals surface area contributed by atoms with Crippen LogP contribution in [0.25, 0.3) is 10.9 Å². The van der Waals surface area contributed by atoms with Crippen molar-refractivity contribution < 1.29 is 22.0 Å². The van der Waals surface area contributed by atoms with E-state index in [0.717, 1.165) is 6.26 Å². The maximum absolute atomic E-state index is 14.6. The zero-order valence-electron chi connectivity index (χ0n) is 14.2. The van der Waals surface area contributed by atoms with Gasteiger partial charge in [-0.15, -0.1) is 0 Å². The highest BCUT2D eigenvalue weighted by molar-refractivity contribution is 7.90. The molecule has 0 saturated carbocycles. The first-order valence-electron chi connectivity index (χ1n) is 7.79. The minimum absolute atomic E-state index is 0.0402. The molecule has 0 spiro atoms. The highest BCUT2D eigenvalue weighted by Gasteiger charge is 2.31. The lowest BCUT2D eigenvalue weighted by Crippen LogP contribution is -2.36. The Morgan fingerprint density at radius 2 is 2.15 bits per heavy atom. The molecule has 0 unspecified atom stereocenters. The summed E-state index contributed by atoms with van der Waals surface area (Å²) in [6.07, 6.45) is 3.75. The molecule has 9 nitrogen and oxygen atoms in total. The number of halogens is 2. The van der Waals surface area contributed by atoms with E-state index in [-0.39, 0.29) is 41.8 Å². The van der Waals surface area contributed by atoms with Crippen molar-refractivity contribution in [1.82, 2.24) is 19.9 Å². The summed E-state index contributed by atoms with van der Waals surface area (Å²) in [4.78, 5) is 17.6. The van der Waals surface area contributed by atoms with Gasteiger partial charge in [-0.05, 0) is 6.92 Å². The van der Waals surface area contributed by atoms with E-state index < -0.39 is 26.0 Å². The molecule has 0 amide bonds. The molecule has 0 bridgehead atoms. The van der Waals surface area contributed by atoms with Crippen LogP contribution >= 0.6 is 11.6 Å². The predicted molar refractivity (Wildman–Crippen MR) is 93.1 cm³/mol. The Morgan fingerprint density at radius 1 is 1.37 bits per heavy atom. The third kappa shape index (κ3) is 3.06. The van der Waals surface area contributed by atoms with Gasteiger partial charge in [-0.25, -0.2) is 27.8 Å². The van der Waals surface area contributed by atoms with Crippen molar-refractivity contribution in [3.8, 4) is 5.88 Å². The number of ether oxygens (including phenoxy) is 1. The van der Waals surface area contributed by atoms with Crippen LogP contribution in [0.4, 0.5) is 10.2 Å². The summed E-state index contributed by atoms with van der Waals surface area (Å²) in [6, 6.07) is -0.267. The summed E-state index contributed by atoms with van der Waals surface area (Å²) < 4.78 is 49.7. The van der Waals surface area contributed by atoms with Crippen LogP contribution in [0.1, 0.15) is 12.7 Å². The number of oxazole rings is 1. The van der Waals surface area contributed by atoms with Gasteiger partial charge in [0.25, 0.3) is 0 Å². The molecule has 142 valence electrons. The number of hydrogen-bond donors (Lipinski definition) is 0. The summed E-state index contributed by atoms with van der Waals surface area (Å²) in [7, 11) is -3.82. The first-order valence-corrected chi connectivity index (χ1v) is 10.1. The minimum Gasteiger partial charge on any atom is -0.475 e. The summed E-state index contributed by atoms with van der Waals surface area (Å²) in [5.41, 5.74) is -0.271. The summed E-state index contributed by atoms with van der Waals surface area (Å²) in [6.45, 7) is 2.24. The molecule has 0 aromatic carbocycles. The second kappa shape index (κ2) is 6.27. The average molecular weight is 414 g/mol. The van der Waals surface area contributed by atoms with Crippen molar-refractivity contribution in [3.63, 3.8) is 0 Å². The predicted octanol–water partition coefficient (Wildman–Crippen LogP) is 2.00. The van der Waals surface area contributed by atoms with E-state index in [1.165, 1.54) is 12.6 Å². The topological polar surface area (TPSA) is 111 Å². The van der Waals surface area contributed by atoms with E-state index in [2.05, 4.69) is 19.9 Å². The molecule has 0 saturated heterocycles. The molecule has 1 atom stereocenters. The first-order chi connectivity index (χ1) is 12.8. The SMILES string of the molecule is C[C@H]1COc2nc(Cl)c(F)c3nc(S(C)(=O)=O)nc(c23)N1Cc1cnco1. The van der Waals surface area contributed by atoms with Gasteiger partial charge in [0.1, 0.15) is 29.1 Å². The molecule has 27 heavy (non-hydrogen) atoms. The van der Waals surface area contributed by atoms with Gasteiger partial charge in [-0.3, -0.25) is 0 Å². The van der Waals surface area contributed by atoms with Crippen molar-refractivity contribution in [2.24, 2.45) is 0 Å². The average Bonchev–Trinajstić information content (AvgIpc) is 3.08. The number of anilines is 1. The van der Waals surface area contributed by atoms with Crippen LogP contribution in [-0.4, -0.2) is 47.3 Å². The Morgan fingerprint density at radius 3 is 2.81 bits per heavy atom. The molecule has 0 fully saturated rings. The lowest BCUT2D eigenvalue weighted by molar-refractivity contribution is 0.284. The van der Waals surface area contributed by atoms with Crippen molar-refractivity contribution in [3.05, 3.63) is 29.3 Å². The zero-order valence-corrected chi connectivity index (χ0v) is 15.8. The standard InChI is InChI=1S/C15H13ClFN5O4S/c1-7-5-25-14-9-11(10(17)12(16)20-14)19-15(27(2,23)24)21-13(9)22(7)4-8-3-18-6-26-8/h3,6-7H,4-5H2,1-2H3/t7-/m0/s1. The van der Waals surface area contributed by atoms with Gasteiger partial charge in [0.2, 0.25) is 20.9 Å². The van der Waals surface area contributed by atoms with Gasteiger partial charge in [-0.1, -0.05) is 11.6 Å². The quantitative estimate of drug-likeness (QED) is 0.470. The molecule has 3 aromatic rings. The number of pyridine rings is 1. The van der Waals surface area contributed by atoms with Gasteiger partial charge in [0, 0.05) is 6.26 Å². The number of nitrogens with zero attached hydrogens (tertiary/aromatic N) is 5. The zero-order chi connectivity index (χ0) is 19.3. The van der Waals surface area contributed by atoms with Gasteiger partial charge in [0.15, 0.2) is 17.4 Å². The number of sulfone groups is 1. The fourth-order valence-electron chi connectivity index (χ4n) is 2.77. The molecule has 1 aliphatic heterocycles. The van der Waals surface area contributed by atoms with Crippen molar-refractivity contribution in [1.29, 1.82) is 0 Å². The maximum Gasteiger partial charge on any atom is 0.249 e. The highest BCUT2D eigenvalue weighted by atomic mass is 35.5. The van der Waals surface area contributed by atoms with Gasteiger partial charge in [0.05, 0.1) is 18.8 Å². The van der Waals surface area contributed by atoms with Crippen LogP contribution < -0.4 is 9.64 Å². The Bertz CT molecular complexity index is 1140. The molecular formula is C15H13ClFN5O4S. The second-order valence-electron chi connectivity index (χ2n) is 6.10. The largest absolute Gasteiger partial charge is 0.475 e. The molecule has 1 aliphatic rings.